The molecule has 0 spiro atoms. The highest BCUT2D eigenvalue weighted by molar-refractivity contribution is 5.84. The van der Waals surface area contributed by atoms with E-state index in [-0.39, 0.29) is 5.78 Å². The first kappa shape index (κ1) is 9.77. The smallest absolute Gasteiger partial charge is 0.149 e. The van der Waals surface area contributed by atoms with Crippen molar-refractivity contribution in [2.75, 3.05) is 7.11 Å². The van der Waals surface area contributed by atoms with Crippen LogP contribution in [0.25, 0.3) is 10.9 Å². The summed E-state index contributed by atoms with van der Waals surface area (Å²) >= 11 is 0. The molecule has 0 N–H and O–H groups in total. The Morgan fingerprint density at radius 2 is 2.20 bits per heavy atom. The zero-order valence-corrected chi connectivity index (χ0v) is 8.86. The van der Waals surface area contributed by atoms with Crippen molar-refractivity contribution in [3.63, 3.8) is 0 Å². The van der Waals surface area contributed by atoms with Gasteiger partial charge in [0.15, 0.2) is 0 Å². The molecule has 0 atom stereocenters. The molecule has 2 aromatic rings. The van der Waals surface area contributed by atoms with Crippen molar-refractivity contribution in [1.82, 2.24) is 4.57 Å². The van der Waals surface area contributed by atoms with Crippen LogP contribution in [-0.2, 0) is 11.3 Å². The van der Waals surface area contributed by atoms with Gasteiger partial charge in [-0.25, -0.2) is 0 Å². The highest BCUT2D eigenvalue weighted by atomic mass is 16.5. The first-order chi connectivity index (χ1) is 7.20. The molecule has 0 aliphatic heterocycles. The number of ketones is 1. The average Bonchev–Trinajstić information content (AvgIpc) is 2.60. The molecule has 1 aromatic heterocycles. The van der Waals surface area contributed by atoms with Crippen LogP contribution in [0.5, 0.6) is 5.75 Å². The van der Waals surface area contributed by atoms with E-state index in [0.717, 1.165) is 16.7 Å². The summed E-state index contributed by atoms with van der Waals surface area (Å²) in [7, 11) is 1.64. The van der Waals surface area contributed by atoms with Crippen LogP contribution in [-0.4, -0.2) is 17.5 Å². The van der Waals surface area contributed by atoms with Gasteiger partial charge in [0.1, 0.15) is 11.5 Å². The minimum Gasteiger partial charge on any atom is -0.497 e. The van der Waals surface area contributed by atoms with E-state index < -0.39 is 0 Å². The van der Waals surface area contributed by atoms with Gasteiger partial charge in [0, 0.05) is 12.3 Å². The lowest BCUT2D eigenvalue weighted by Crippen LogP contribution is -2.04. The monoisotopic (exact) mass is 203 g/mol. The van der Waals surface area contributed by atoms with Gasteiger partial charge in [-0.1, -0.05) is 0 Å². The minimum absolute atomic E-state index is 0.148. The number of benzene rings is 1. The molecule has 0 unspecified atom stereocenters. The lowest BCUT2D eigenvalue weighted by molar-refractivity contribution is -0.117. The molecule has 0 saturated heterocycles. The van der Waals surface area contributed by atoms with Crippen LogP contribution in [0.15, 0.2) is 30.5 Å². The number of hydrogen-bond acceptors (Lipinski definition) is 2. The Labute approximate surface area is 88.3 Å². The minimum atomic E-state index is 0.148. The third kappa shape index (κ3) is 1.86. The summed E-state index contributed by atoms with van der Waals surface area (Å²) in [4.78, 5) is 11.1. The van der Waals surface area contributed by atoms with Crippen LogP contribution in [0.2, 0.25) is 0 Å². The molecule has 3 nitrogen and oxygen atoms in total. The first-order valence-electron chi connectivity index (χ1n) is 4.83. The van der Waals surface area contributed by atoms with Gasteiger partial charge in [-0.15, -0.1) is 0 Å². The molecular formula is C12H13NO2. The lowest BCUT2D eigenvalue weighted by atomic mass is 10.2. The van der Waals surface area contributed by atoms with Crippen LogP contribution >= 0.6 is 0 Å². The van der Waals surface area contributed by atoms with Gasteiger partial charge in [-0.2, -0.15) is 0 Å². The number of aromatic nitrogens is 1. The molecule has 3 heteroatoms. The van der Waals surface area contributed by atoms with Crippen molar-refractivity contribution in [3.8, 4) is 5.75 Å². The molecule has 1 aromatic carbocycles. The fraction of sp³-hybridized carbons (Fsp3) is 0.250. The Balaban J connectivity index is 2.51. The standard InChI is InChI=1S/C12H13NO2/c1-9(14)8-13-6-5-10-3-4-11(15-2)7-12(10)13/h3-7H,8H2,1-2H3. The number of Topliss-reactive ketones (excluding diaryl/α,β-unsaturated/α-hetero) is 1. The second kappa shape index (κ2) is 3.77. The number of carbonyl (C=O) groups excluding carboxylic acids is 1. The van der Waals surface area contributed by atoms with E-state index in [0.29, 0.717) is 6.54 Å². The fourth-order valence-electron chi connectivity index (χ4n) is 1.67. The summed E-state index contributed by atoms with van der Waals surface area (Å²) in [6, 6.07) is 7.85. The summed E-state index contributed by atoms with van der Waals surface area (Å²) in [6.07, 6.45) is 1.92. The van der Waals surface area contributed by atoms with E-state index >= 15 is 0 Å². The van der Waals surface area contributed by atoms with E-state index in [9.17, 15) is 4.79 Å². The van der Waals surface area contributed by atoms with Crippen LogP contribution in [0, 0.1) is 0 Å². The van der Waals surface area contributed by atoms with Gasteiger partial charge in [0.05, 0.1) is 19.2 Å². The van der Waals surface area contributed by atoms with Crippen molar-refractivity contribution >= 4 is 16.7 Å². The third-order valence-corrected chi connectivity index (χ3v) is 2.37. The maximum Gasteiger partial charge on any atom is 0.149 e. The second-order valence-corrected chi connectivity index (χ2v) is 3.57. The number of carbonyl (C=O) groups is 1. The number of methoxy groups -OCH3 is 1. The zero-order chi connectivity index (χ0) is 10.8. The van der Waals surface area contributed by atoms with E-state index in [1.54, 1.807) is 14.0 Å². The number of hydrogen-bond donors (Lipinski definition) is 0. The van der Waals surface area contributed by atoms with Crippen molar-refractivity contribution in [2.45, 2.75) is 13.5 Å². The van der Waals surface area contributed by atoms with Crippen molar-refractivity contribution < 1.29 is 9.53 Å². The molecule has 0 radical (unpaired) electrons. The van der Waals surface area contributed by atoms with Gasteiger partial charge < -0.3 is 9.30 Å². The molecule has 15 heavy (non-hydrogen) atoms. The maximum atomic E-state index is 11.1. The Hall–Kier alpha value is -1.77. The van der Waals surface area contributed by atoms with Gasteiger partial charge in [-0.3, -0.25) is 4.79 Å². The van der Waals surface area contributed by atoms with Crippen LogP contribution in [0.3, 0.4) is 0 Å². The molecular weight excluding hydrogens is 190 g/mol. The molecule has 0 amide bonds. The normalized spacial score (nSPS) is 10.5. The van der Waals surface area contributed by atoms with Crippen molar-refractivity contribution in [3.05, 3.63) is 30.5 Å². The van der Waals surface area contributed by atoms with Gasteiger partial charge in [0.25, 0.3) is 0 Å². The van der Waals surface area contributed by atoms with Crippen LogP contribution in [0.1, 0.15) is 6.92 Å². The predicted octanol–water partition coefficient (Wildman–Crippen LogP) is 2.24. The molecule has 0 bridgehead atoms. The van der Waals surface area contributed by atoms with Gasteiger partial charge in [-0.05, 0) is 30.5 Å². The Morgan fingerprint density at radius 1 is 1.40 bits per heavy atom. The van der Waals surface area contributed by atoms with E-state index in [2.05, 4.69) is 0 Å². The molecule has 1 heterocycles. The largest absolute Gasteiger partial charge is 0.497 e. The second-order valence-electron chi connectivity index (χ2n) is 3.57. The summed E-state index contributed by atoms with van der Waals surface area (Å²) in [5.41, 5.74) is 1.03. The zero-order valence-electron chi connectivity index (χ0n) is 8.86. The molecule has 0 saturated carbocycles. The maximum absolute atomic E-state index is 11.1. The highest BCUT2D eigenvalue weighted by Gasteiger charge is 2.03. The summed E-state index contributed by atoms with van der Waals surface area (Å²) in [5.74, 6) is 0.960. The topological polar surface area (TPSA) is 31.2 Å². The van der Waals surface area contributed by atoms with Gasteiger partial charge >= 0.3 is 0 Å². The quantitative estimate of drug-likeness (QED) is 0.766. The molecule has 0 fully saturated rings. The molecule has 0 aliphatic rings. The summed E-state index contributed by atoms with van der Waals surface area (Å²) in [6.45, 7) is 2.00. The van der Waals surface area contributed by atoms with E-state index in [1.165, 1.54) is 0 Å². The SMILES string of the molecule is COc1ccc2ccn(CC(C)=O)c2c1. The van der Waals surface area contributed by atoms with Gasteiger partial charge in [0.2, 0.25) is 0 Å². The third-order valence-electron chi connectivity index (χ3n) is 2.37. The van der Waals surface area contributed by atoms with E-state index in [4.69, 9.17) is 4.74 Å². The Kier molecular flexibility index (Phi) is 2.46. The number of nitrogens with zero attached hydrogens (tertiary/aromatic N) is 1. The van der Waals surface area contributed by atoms with Crippen LogP contribution < -0.4 is 4.74 Å². The first-order valence-corrected chi connectivity index (χ1v) is 4.83. The number of ether oxygens (including phenoxy) is 1. The fourth-order valence-corrected chi connectivity index (χ4v) is 1.67. The Bertz CT molecular complexity index is 499. The summed E-state index contributed by atoms with van der Waals surface area (Å²) in [5, 5.41) is 1.12. The Morgan fingerprint density at radius 3 is 2.87 bits per heavy atom. The van der Waals surface area contributed by atoms with Crippen molar-refractivity contribution in [2.24, 2.45) is 0 Å². The van der Waals surface area contributed by atoms with Crippen molar-refractivity contribution in [1.29, 1.82) is 0 Å². The molecule has 78 valence electrons. The average molecular weight is 203 g/mol. The van der Waals surface area contributed by atoms with Crippen LogP contribution in [0.4, 0.5) is 0 Å². The number of rotatable bonds is 3. The summed E-state index contributed by atoms with van der Waals surface area (Å²) < 4.78 is 7.08. The molecule has 0 aliphatic carbocycles. The highest BCUT2D eigenvalue weighted by Crippen LogP contribution is 2.21. The predicted molar refractivity (Wildman–Crippen MR) is 59.2 cm³/mol. The van der Waals surface area contributed by atoms with E-state index in [1.807, 2.05) is 35.0 Å². The number of fused-ring (bicyclic) bond motifs is 1. The lowest BCUT2D eigenvalue weighted by Gasteiger charge is -2.04. The molecule has 2 rings (SSSR count).